The number of ether oxygens (including phenoxy) is 1. The van der Waals surface area contributed by atoms with Crippen LogP contribution in [0.5, 0.6) is 5.75 Å². The van der Waals surface area contributed by atoms with E-state index in [2.05, 4.69) is 4.72 Å². The number of nitrogens with zero attached hydrogens (tertiary/aromatic N) is 1. The molecule has 1 fully saturated rings. The lowest BCUT2D eigenvalue weighted by Crippen LogP contribution is -2.14. The van der Waals surface area contributed by atoms with Crippen LogP contribution in [0, 0.1) is 19.8 Å². The molecule has 0 bridgehead atoms. The first-order chi connectivity index (χ1) is 15.8. The van der Waals surface area contributed by atoms with Crippen molar-refractivity contribution in [1.29, 1.82) is 0 Å². The maximum atomic E-state index is 13.3. The van der Waals surface area contributed by atoms with Gasteiger partial charge >= 0.3 is 0 Å². The summed E-state index contributed by atoms with van der Waals surface area (Å²) in [5.41, 5.74) is 3.03. The van der Waals surface area contributed by atoms with E-state index in [9.17, 15) is 8.42 Å². The van der Waals surface area contributed by atoms with E-state index in [0.717, 1.165) is 33.1 Å². The molecule has 8 heteroatoms. The van der Waals surface area contributed by atoms with Gasteiger partial charge < -0.3 is 4.74 Å². The first-order valence-electron chi connectivity index (χ1n) is 11.2. The molecule has 1 aromatic heterocycles. The van der Waals surface area contributed by atoms with Gasteiger partial charge in [-0.2, -0.15) is 0 Å². The molecule has 1 saturated carbocycles. The highest BCUT2D eigenvalue weighted by Gasteiger charge is 2.23. The molecule has 0 unspecified atom stereocenters. The molecule has 1 aliphatic rings. The number of methoxy groups -OCH3 is 1. The Bertz CT molecular complexity index is 1250. The van der Waals surface area contributed by atoms with E-state index >= 15 is 0 Å². The lowest BCUT2D eigenvalue weighted by molar-refractivity contribution is 0.356. The summed E-state index contributed by atoms with van der Waals surface area (Å²) in [7, 11) is -2.43. The number of hydrogen-bond donors (Lipinski definition) is 1. The van der Waals surface area contributed by atoms with Crippen LogP contribution >= 0.6 is 22.9 Å². The van der Waals surface area contributed by atoms with Crippen molar-refractivity contribution < 1.29 is 13.2 Å². The maximum Gasteiger partial charge on any atom is 0.265 e. The van der Waals surface area contributed by atoms with Crippen molar-refractivity contribution in [2.75, 3.05) is 11.8 Å². The summed E-state index contributed by atoms with van der Waals surface area (Å²) < 4.78 is 34.5. The Labute approximate surface area is 205 Å². The number of aryl methyl sites for hydroxylation is 2. The van der Waals surface area contributed by atoms with Gasteiger partial charge in [0.05, 0.1) is 28.4 Å². The van der Waals surface area contributed by atoms with Crippen molar-refractivity contribution in [3.05, 3.63) is 57.7 Å². The minimum atomic E-state index is -3.89. The zero-order chi connectivity index (χ0) is 23.6. The fourth-order valence-corrected chi connectivity index (χ4v) is 6.94. The van der Waals surface area contributed by atoms with Gasteiger partial charge in [-0.15, -0.1) is 11.3 Å². The lowest BCUT2D eigenvalue weighted by atomic mass is 9.87. The Morgan fingerprint density at radius 2 is 1.88 bits per heavy atom. The summed E-state index contributed by atoms with van der Waals surface area (Å²) in [5.74, 6) is 0.989. The Balaban J connectivity index is 1.64. The molecule has 0 amide bonds. The van der Waals surface area contributed by atoms with E-state index in [-0.39, 0.29) is 10.6 Å². The minimum Gasteiger partial charge on any atom is -0.495 e. The average molecular weight is 505 g/mol. The molecule has 3 aromatic rings. The quantitative estimate of drug-likeness (QED) is 0.375. The number of rotatable bonds is 7. The second kappa shape index (κ2) is 10.0. The summed E-state index contributed by atoms with van der Waals surface area (Å²) in [6.07, 6.45) is 7.50. The molecule has 33 heavy (non-hydrogen) atoms. The van der Waals surface area contributed by atoms with Crippen LogP contribution in [-0.4, -0.2) is 20.5 Å². The number of thiazole rings is 1. The molecular weight excluding hydrogens is 476 g/mol. The molecule has 0 radical (unpaired) electrons. The Morgan fingerprint density at radius 3 is 2.58 bits per heavy atom. The third kappa shape index (κ3) is 5.53. The predicted octanol–water partition coefficient (Wildman–Crippen LogP) is 7.01. The molecule has 0 spiro atoms. The zero-order valence-corrected chi connectivity index (χ0v) is 21.5. The van der Waals surface area contributed by atoms with Crippen LogP contribution in [0.1, 0.15) is 48.4 Å². The molecule has 4 rings (SSSR count). The SMILES string of the molecule is COc1ccc(-c2sc(CC3CCCCC3)nc2C)cc1S(=O)(=O)Nc1ccc(C)c(Cl)c1. The largest absolute Gasteiger partial charge is 0.495 e. The Morgan fingerprint density at radius 1 is 1.12 bits per heavy atom. The average Bonchev–Trinajstić information content (AvgIpc) is 3.16. The third-order valence-electron chi connectivity index (χ3n) is 6.17. The van der Waals surface area contributed by atoms with Crippen LogP contribution in [0.3, 0.4) is 0 Å². The normalized spacial score (nSPS) is 14.9. The van der Waals surface area contributed by atoms with Crippen molar-refractivity contribution in [3.63, 3.8) is 0 Å². The van der Waals surface area contributed by atoms with Crippen molar-refractivity contribution >= 4 is 38.6 Å². The van der Waals surface area contributed by atoms with Gasteiger partial charge in [0.25, 0.3) is 10.0 Å². The maximum absolute atomic E-state index is 13.3. The smallest absolute Gasteiger partial charge is 0.265 e. The first-order valence-corrected chi connectivity index (χ1v) is 13.9. The lowest BCUT2D eigenvalue weighted by Gasteiger charge is -2.20. The van der Waals surface area contributed by atoms with E-state index < -0.39 is 10.0 Å². The number of halogens is 1. The molecular formula is C25H29ClN2O3S2. The summed E-state index contributed by atoms with van der Waals surface area (Å²) in [5, 5.41) is 1.63. The summed E-state index contributed by atoms with van der Waals surface area (Å²) in [6.45, 7) is 3.86. The highest BCUT2D eigenvalue weighted by molar-refractivity contribution is 7.92. The van der Waals surface area contributed by atoms with Gasteiger partial charge in [0.15, 0.2) is 0 Å². The number of hydrogen-bond acceptors (Lipinski definition) is 5. The zero-order valence-electron chi connectivity index (χ0n) is 19.2. The van der Waals surface area contributed by atoms with Gasteiger partial charge in [0.2, 0.25) is 0 Å². The van der Waals surface area contributed by atoms with Crippen LogP contribution in [-0.2, 0) is 16.4 Å². The predicted molar refractivity (Wildman–Crippen MR) is 136 cm³/mol. The van der Waals surface area contributed by atoms with E-state index in [1.165, 1.54) is 39.2 Å². The summed E-state index contributed by atoms with van der Waals surface area (Å²) in [6, 6.07) is 10.3. The number of benzene rings is 2. The fourth-order valence-electron chi connectivity index (χ4n) is 4.34. The van der Waals surface area contributed by atoms with E-state index in [0.29, 0.717) is 16.6 Å². The van der Waals surface area contributed by atoms with Crippen LogP contribution in [0.2, 0.25) is 5.02 Å². The van der Waals surface area contributed by atoms with Gasteiger partial charge in [-0.05, 0) is 61.2 Å². The molecule has 0 saturated heterocycles. The molecule has 0 aliphatic heterocycles. The summed E-state index contributed by atoms with van der Waals surface area (Å²) in [4.78, 5) is 5.89. The van der Waals surface area contributed by atoms with Gasteiger partial charge in [0, 0.05) is 11.4 Å². The number of aromatic nitrogens is 1. The first kappa shape index (κ1) is 24.0. The summed E-state index contributed by atoms with van der Waals surface area (Å²) >= 11 is 7.84. The molecule has 1 aliphatic carbocycles. The van der Waals surface area contributed by atoms with Crippen molar-refractivity contribution in [2.24, 2.45) is 5.92 Å². The van der Waals surface area contributed by atoms with Crippen LogP contribution < -0.4 is 9.46 Å². The van der Waals surface area contributed by atoms with Gasteiger partial charge in [-0.1, -0.05) is 49.8 Å². The molecule has 1 heterocycles. The van der Waals surface area contributed by atoms with Gasteiger partial charge in [-0.3, -0.25) is 4.72 Å². The minimum absolute atomic E-state index is 0.0841. The van der Waals surface area contributed by atoms with Crippen LogP contribution in [0.25, 0.3) is 10.4 Å². The highest BCUT2D eigenvalue weighted by Crippen LogP contribution is 2.37. The number of anilines is 1. The number of nitrogens with one attached hydrogen (secondary N) is 1. The Hall–Kier alpha value is -2.09. The van der Waals surface area contributed by atoms with Crippen molar-refractivity contribution in [1.82, 2.24) is 4.98 Å². The Kier molecular flexibility index (Phi) is 7.31. The van der Waals surface area contributed by atoms with E-state index in [4.69, 9.17) is 21.3 Å². The van der Waals surface area contributed by atoms with Gasteiger partial charge in [-0.25, -0.2) is 13.4 Å². The third-order valence-corrected chi connectivity index (χ3v) is 9.21. The van der Waals surface area contributed by atoms with Crippen LogP contribution in [0.15, 0.2) is 41.3 Å². The molecule has 2 aromatic carbocycles. The second-order valence-electron chi connectivity index (χ2n) is 8.67. The highest BCUT2D eigenvalue weighted by atomic mass is 35.5. The van der Waals surface area contributed by atoms with Crippen LogP contribution in [0.4, 0.5) is 5.69 Å². The standard InChI is InChI=1S/C25H29ClN2O3S2/c1-16-9-11-20(15-21(16)26)28-33(29,30)23-14-19(10-12-22(23)31-3)25-17(2)27-24(32-25)13-18-7-5-4-6-8-18/h9-12,14-15,18,28H,4-8,13H2,1-3H3. The van der Waals surface area contributed by atoms with Gasteiger partial charge in [0.1, 0.15) is 10.6 Å². The monoisotopic (exact) mass is 504 g/mol. The number of sulfonamides is 1. The van der Waals surface area contributed by atoms with Crippen molar-refractivity contribution in [2.45, 2.75) is 57.3 Å². The topological polar surface area (TPSA) is 68.3 Å². The fraction of sp³-hybridized carbons (Fsp3) is 0.400. The van der Waals surface area contributed by atoms with E-state index in [1.807, 2.05) is 19.9 Å². The van der Waals surface area contributed by atoms with E-state index in [1.54, 1.807) is 41.7 Å². The molecule has 0 atom stereocenters. The molecule has 5 nitrogen and oxygen atoms in total. The van der Waals surface area contributed by atoms with Crippen molar-refractivity contribution in [3.8, 4) is 16.2 Å². The second-order valence-corrected chi connectivity index (χ2v) is 11.8. The molecule has 176 valence electrons. The molecule has 1 N–H and O–H groups in total.